The molecule has 21 heavy (non-hydrogen) atoms. The van der Waals surface area contributed by atoms with Crippen LogP contribution in [0.15, 0.2) is 18.2 Å². The van der Waals surface area contributed by atoms with Gasteiger partial charge >= 0.3 is 0 Å². The Morgan fingerprint density at radius 3 is 2.71 bits per heavy atom. The zero-order valence-electron chi connectivity index (χ0n) is 12.4. The molecular weight excluding hydrogens is 266 g/mol. The summed E-state index contributed by atoms with van der Waals surface area (Å²) in [6.45, 7) is 2.46. The van der Waals surface area contributed by atoms with Crippen molar-refractivity contribution in [3.8, 4) is 0 Å². The normalized spacial score (nSPS) is 21.5. The number of hydrogen-bond acceptors (Lipinski definition) is 3. The number of carbonyl (C=O) groups excluding carboxylic acids is 2. The van der Waals surface area contributed by atoms with Gasteiger partial charge in [0, 0.05) is 5.69 Å². The second-order valence-electron chi connectivity index (χ2n) is 6.03. The molecule has 0 unspecified atom stereocenters. The Kier molecular flexibility index (Phi) is 3.66. The van der Waals surface area contributed by atoms with Gasteiger partial charge in [-0.15, -0.1) is 0 Å². The van der Waals surface area contributed by atoms with Gasteiger partial charge in [0.25, 0.3) is 0 Å². The quantitative estimate of drug-likeness (QED) is 0.897. The summed E-state index contributed by atoms with van der Waals surface area (Å²) in [7, 11) is 0. The lowest BCUT2D eigenvalue weighted by Crippen LogP contribution is -2.67. The van der Waals surface area contributed by atoms with Crippen LogP contribution in [0.25, 0.3) is 0 Å². The number of rotatable bonds is 2. The average molecular weight is 287 g/mol. The van der Waals surface area contributed by atoms with Gasteiger partial charge in [0.1, 0.15) is 5.54 Å². The zero-order valence-corrected chi connectivity index (χ0v) is 12.4. The van der Waals surface area contributed by atoms with Crippen LogP contribution in [0, 0.1) is 6.92 Å². The number of hydrogen-bond donors (Lipinski definition) is 1. The van der Waals surface area contributed by atoms with Gasteiger partial charge in [-0.1, -0.05) is 25.3 Å². The lowest BCUT2D eigenvalue weighted by atomic mass is 9.78. The van der Waals surface area contributed by atoms with Gasteiger partial charge in [-0.05, 0) is 31.9 Å². The standard InChI is InChI=1S/C16H21N3O2/c1-12-6-5-7-13(18-12)11-19-14(20)10-17-15(21)16(19)8-3-2-4-9-16/h5-7H,2-4,8-11H2,1H3,(H,17,21). The molecule has 0 aromatic carbocycles. The lowest BCUT2D eigenvalue weighted by molar-refractivity contribution is -0.157. The number of amides is 2. The van der Waals surface area contributed by atoms with Crippen molar-refractivity contribution in [2.75, 3.05) is 6.54 Å². The highest BCUT2D eigenvalue weighted by Crippen LogP contribution is 2.36. The molecule has 2 aliphatic rings. The van der Waals surface area contributed by atoms with E-state index in [1.807, 2.05) is 25.1 Å². The van der Waals surface area contributed by atoms with Crippen molar-refractivity contribution < 1.29 is 9.59 Å². The van der Waals surface area contributed by atoms with Crippen LogP contribution >= 0.6 is 0 Å². The Bertz CT molecular complexity index is 564. The maximum atomic E-state index is 12.5. The van der Waals surface area contributed by atoms with Crippen molar-refractivity contribution in [2.45, 2.75) is 51.1 Å². The number of aryl methyl sites for hydroxylation is 1. The SMILES string of the molecule is Cc1cccc(CN2C(=O)CNC(=O)C23CCCCC3)n1. The Morgan fingerprint density at radius 1 is 1.24 bits per heavy atom. The molecule has 0 radical (unpaired) electrons. The highest BCUT2D eigenvalue weighted by molar-refractivity contribution is 5.98. The Labute approximate surface area is 124 Å². The molecule has 2 amide bonds. The van der Waals surface area contributed by atoms with Crippen molar-refractivity contribution in [3.05, 3.63) is 29.6 Å². The molecule has 0 bridgehead atoms. The Morgan fingerprint density at radius 2 is 2.00 bits per heavy atom. The average Bonchev–Trinajstić information content (AvgIpc) is 2.49. The maximum Gasteiger partial charge on any atom is 0.246 e. The summed E-state index contributed by atoms with van der Waals surface area (Å²) in [6, 6.07) is 5.80. The van der Waals surface area contributed by atoms with Gasteiger partial charge in [0.15, 0.2) is 0 Å². The monoisotopic (exact) mass is 287 g/mol. The second-order valence-corrected chi connectivity index (χ2v) is 6.03. The highest BCUT2D eigenvalue weighted by Gasteiger charge is 2.49. The molecule has 1 aromatic rings. The maximum absolute atomic E-state index is 12.5. The van der Waals surface area contributed by atoms with Crippen LogP contribution in [0.5, 0.6) is 0 Å². The third kappa shape index (κ3) is 2.52. The molecule has 1 saturated heterocycles. The number of aromatic nitrogens is 1. The summed E-state index contributed by atoms with van der Waals surface area (Å²) in [4.78, 5) is 31.1. The van der Waals surface area contributed by atoms with Gasteiger partial charge in [-0.25, -0.2) is 0 Å². The molecule has 112 valence electrons. The third-order valence-corrected chi connectivity index (χ3v) is 4.59. The van der Waals surface area contributed by atoms with Gasteiger partial charge in [0.2, 0.25) is 11.8 Å². The van der Waals surface area contributed by atoms with E-state index >= 15 is 0 Å². The first-order valence-corrected chi connectivity index (χ1v) is 7.63. The Balaban J connectivity index is 1.91. The Hall–Kier alpha value is -1.91. The first kappa shape index (κ1) is 14.0. The molecule has 1 saturated carbocycles. The lowest BCUT2D eigenvalue weighted by Gasteiger charge is -2.47. The van der Waals surface area contributed by atoms with Crippen molar-refractivity contribution in [3.63, 3.8) is 0 Å². The minimum absolute atomic E-state index is 0.000180. The molecular formula is C16H21N3O2. The molecule has 1 aromatic heterocycles. The first-order valence-electron chi connectivity index (χ1n) is 7.63. The fraction of sp³-hybridized carbons (Fsp3) is 0.562. The fourth-order valence-corrected chi connectivity index (χ4v) is 3.50. The van der Waals surface area contributed by atoms with E-state index in [1.54, 1.807) is 4.90 Å². The number of nitrogens with zero attached hydrogens (tertiary/aromatic N) is 2. The molecule has 2 fully saturated rings. The summed E-state index contributed by atoms with van der Waals surface area (Å²) in [5.74, 6) is 0.00857. The van der Waals surface area contributed by atoms with Crippen LogP contribution < -0.4 is 5.32 Å². The third-order valence-electron chi connectivity index (χ3n) is 4.59. The van der Waals surface area contributed by atoms with Crippen molar-refractivity contribution in [1.29, 1.82) is 0 Å². The molecule has 3 rings (SSSR count). The predicted octanol–water partition coefficient (Wildman–Crippen LogP) is 1.55. The van der Waals surface area contributed by atoms with E-state index in [4.69, 9.17) is 0 Å². The van der Waals surface area contributed by atoms with Crippen molar-refractivity contribution in [2.24, 2.45) is 0 Å². The number of pyridine rings is 1. The van der Waals surface area contributed by atoms with Crippen molar-refractivity contribution >= 4 is 11.8 Å². The van der Waals surface area contributed by atoms with E-state index in [2.05, 4.69) is 10.3 Å². The molecule has 1 N–H and O–H groups in total. The molecule has 1 spiro atoms. The summed E-state index contributed by atoms with van der Waals surface area (Å²) in [6.07, 6.45) is 4.66. The van der Waals surface area contributed by atoms with Crippen LogP contribution in [0.1, 0.15) is 43.5 Å². The largest absolute Gasteiger partial charge is 0.345 e. The van der Waals surface area contributed by atoms with Gasteiger partial charge in [-0.2, -0.15) is 0 Å². The zero-order chi connectivity index (χ0) is 14.9. The molecule has 0 atom stereocenters. The van der Waals surface area contributed by atoms with Crippen molar-refractivity contribution in [1.82, 2.24) is 15.2 Å². The summed E-state index contributed by atoms with van der Waals surface area (Å²) >= 11 is 0. The predicted molar refractivity (Wildman–Crippen MR) is 78.3 cm³/mol. The molecule has 5 nitrogen and oxygen atoms in total. The van der Waals surface area contributed by atoms with E-state index in [9.17, 15) is 9.59 Å². The number of nitrogens with one attached hydrogen (secondary N) is 1. The van der Waals surface area contributed by atoms with E-state index in [0.717, 1.165) is 43.5 Å². The number of carbonyl (C=O) groups is 2. The minimum atomic E-state index is -0.654. The summed E-state index contributed by atoms with van der Waals surface area (Å²) in [5, 5.41) is 2.77. The van der Waals surface area contributed by atoms with Crippen LogP contribution in [-0.4, -0.2) is 33.8 Å². The van der Waals surface area contributed by atoms with Gasteiger partial charge in [-0.3, -0.25) is 14.6 Å². The smallest absolute Gasteiger partial charge is 0.246 e. The van der Waals surface area contributed by atoms with Gasteiger partial charge < -0.3 is 10.2 Å². The topological polar surface area (TPSA) is 62.3 Å². The molecule has 2 heterocycles. The second kappa shape index (κ2) is 5.47. The summed E-state index contributed by atoms with van der Waals surface area (Å²) in [5.41, 5.74) is 1.13. The fourth-order valence-electron chi connectivity index (χ4n) is 3.50. The van der Waals surface area contributed by atoms with E-state index < -0.39 is 5.54 Å². The highest BCUT2D eigenvalue weighted by atomic mass is 16.2. The van der Waals surface area contributed by atoms with E-state index in [1.165, 1.54) is 0 Å². The van der Waals surface area contributed by atoms with Crippen LogP contribution in [0.3, 0.4) is 0 Å². The van der Waals surface area contributed by atoms with Crippen LogP contribution in [-0.2, 0) is 16.1 Å². The van der Waals surface area contributed by atoms with Gasteiger partial charge in [0.05, 0.1) is 18.8 Å². The first-order chi connectivity index (χ1) is 10.1. The summed E-state index contributed by atoms with van der Waals surface area (Å²) < 4.78 is 0. The molecule has 1 aliphatic heterocycles. The van der Waals surface area contributed by atoms with E-state index in [0.29, 0.717) is 6.54 Å². The van der Waals surface area contributed by atoms with Crippen LogP contribution in [0.2, 0.25) is 0 Å². The van der Waals surface area contributed by atoms with E-state index in [-0.39, 0.29) is 18.4 Å². The number of piperazine rings is 1. The molecule has 1 aliphatic carbocycles. The minimum Gasteiger partial charge on any atom is -0.345 e. The molecule has 5 heteroatoms. The van der Waals surface area contributed by atoms with Crippen LogP contribution in [0.4, 0.5) is 0 Å².